The minimum Gasteiger partial charge on any atom is -0.482 e. The lowest BCUT2D eigenvalue weighted by molar-refractivity contribution is -0.385. The summed E-state index contributed by atoms with van der Waals surface area (Å²) in [5.74, 6) is -1.05. The highest BCUT2D eigenvalue weighted by Gasteiger charge is 2.17. The third kappa shape index (κ3) is 3.49. The number of hydrogen-bond donors (Lipinski definition) is 1. The molecular weight excluding hydrogens is 298 g/mol. The van der Waals surface area contributed by atoms with E-state index in [4.69, 9.17) is 21.4 Å². The van der Waals surface area contributed by atoms with Gasteiger partial charge in [-0.05, 0) is 18.2 Å². The highest BCUT2D eigenvalue weighted by atomic mass is 35.5. The molecule has 0 aromatic heterocycles. The van der Waals surface area contributed by atoms with Crippen LogP contribution in [0.1, 0.15) is 15.9 Å². The van der Waals surface area contributed by atoms with Gasteiger partial charge in [-0.3, -0.25) is 10.1 Å². The lowest BCUT2D eigenvalue weighted by atomic mass is 10.1. The maximum Gasteiger partial charge on any atom is 0.336 e. The molecule has 0 spiro atoms. The van der Waals surface area contributed by atoms with Gasteiger partial charge in [0.25, 0.3) is 0 Å². The summed E-state index contributed by atoms with van der Waals surface area (Å²) in [6.07, 6.45) is 0. The molecule has 0 aliphatic heterocycles. The standard InChI is InChI=1S/C14H10ClNO5/c15-10-5-6-13(12(7-10)16(19)20)21-8-9-3-1-2-4-11(9)14(17)18/h1-7H,8H2,(H,17,18). The van der Waals surface area contributed by atoms with Crippen LogP contribution in [0.25, 0.3) is 0 Å². The molecule has 108 valence electrons. The van der Waals surface area contributed by atoms with Crippen LogP contribution < -0.4 is 4.74 Å². The number of halogens is 1. The van der Waals surface area contributed by atoms with Gasteiger partial charge < -0.3 is 9.84 Å². The maximum absolute atomic E-state index is 11.1. The van der Waals surface area contributed by atoms with Crippen LogP contribution in [-0.4, -0.2) is 16.0 Å². The van der Waals surface area contributed by atoms with E-state index in [0.29, 0.717) is 5.56 Å². The Kier molecular flexibility index (Phi) is 4.39. The summed E-state index contributed by atoms with van der Waals surface area (Å²) < 4.78 is 5.37. The second-order valence-electron chi connectivity index (χ2n) is 4.12. The van der Waals surface area contributed by atoms with Gasteiger partial charge in [-0.15, -0.1) is 0 Å². The number of carboxylic acid groups (broad SMARTS) is 1. The molecule has 0 aliphatic rings. The van der Waals surface area contributed by atoms with Gasteiger partial charge in [-0.1, -0.05) is 29.8 Å². The van der Waals surface area contributed by atoms with Gasteiger partial charge in [0.15, 0.2) is 5.75 Å². The Labute approximate surface area is 124 Å². The number of hydrogen-bond acceptors (Lipinski definition) is 4. The van der Waals surface area contributed by atoms with Gasteiger partial charge in [-0.2, -0.15) is 0 Å². The van der Waals surface area contributed by atoms with Crippen LogP contribution in [0.5, 0.6) is 5.75 Å². The molecule has 0 aliphatic carbocycles. The van der Waals surface area contributed by atoms with Gasteiger partial charge in [-0.25, -0.2) is 4.79 Å². The molecule has 0 unspecified atom stereocenters. The molecule has 7 heteroatoms. The number of aromatic carboxylic acids is 1. The van der Waals surface area contributed by atoms with Crippen molar-refractivity contribution in [3.63, 3.8) is 0 Å². The Morgan fingerprint density at radius 1 is 1.29 bits per heavy atom. The number of nitrogens with zero attached hydrogens (tertiary/aromatic N) is 1. The topological polar surface area (TPSA) is 89.7 Å². The third-order valence-electron chi connectivity index (χ3n) is 2.75. The summed E-state index contributed by atoms with van der Waals surface area (Å²) in [5.41, 5.74) is 0.249. The number of ether oxygens (including phenoxy) is 1. The van der Waals surface area contributed by atoms with E-state index in [9.17, 15) is 14.9 Å². The summed E-state index contributed by atoms with van der Waals surface area (Å²) in [6.45, 7) is -0.0923. The second kappa shape index (κ2) is 6.23. The predicted molar refractivity (Wildman–Crippen MR) is 75.8 cm³/mol. The Hall–Kier alpha value is -2.60. The van der Waals surface area contributed by atoms with Crippen molar-refractivity contribution in [2.24, 2.45) is 0 Å². The van der Waals surface area contributed by atoms with Crippen LogP contribution >= 0.6 is 11.6 Å². The monoisotopic (exact) mass is 307 g/mol. The van der Waals surface area contributed by atoms with Crippen molar-refractivity contribution in [1.29, 1.82) is 0 Å². The number of carbonyl (C=O) groups is 1. The zero-order valence-electron chi connectivity index (χ0n) is 10.7. The molecule has 2 aromatic rings. The van der Waals surface area contributed by atoms with Crippen molar-refractivity contribution >= 4 is 23.3 Å². The van der Waals surface area contributed by atoms with Crippen molar-refractivity contribution in [2.45, 2.75) is 6.61 Å². The van der Waals surface area contributed by atoms with E-state index >= 15 is 0 Å². The zero-order valence-corrected chi connectivity index (χ0v) is 11.4. The molecule has 0 bridgehead atoms. The lowest BCUT2D eigenvalue weighted by Crippen LogP contribution is -2.06. The predicted octanol–water partition coefficient (Wildman–Crippen LogP) is 3.53. The lowest BCUT2D eigenvalue weighted by Gasteiger charge is -2.09. The number of carboxylic acids is 1. The van der Waals surface area contributed by atoms with Gasteiger partial charge in [0.2, 0.25) is 0 Å². The third-order valence-corrected chi connectivity index (χ3v) is 2.98. The fourth-order valence-corrected chi connectivity index (χ4v) is 1.93. The maximum atomic E-state index is 11.1. The molecule has 2 aromatic carbocycles. The van der Waals surface area contributed by atoms with Crippen molar-refractivity contribution in [3.8, 4) is 5.75 Å². The highest BCUT2D eigenvalue weighted by Crippen LogP contribution is 2.30. The number of nitro groups is 1. The first-order valence-electron chi connectivity index (χ1n) is 5.87. The molecule has 0 saturated carbocycles. The summed E-state index contributed by atoms with van der Waals surface area (Å²) in [4.78, 5) is 21.4. The van der Waals surface area contributed by atoms with Gasteiger partial charge >= 0.3 is 11.7 Å². The number of nitro benzene ring substituents is 1. The number of rotatable bonds is 5. The molecule has 0 amide bonds. The molecule has 1 N–H and O–H groups in total. The van der Waals surface area contributed by atoms with Gasteiger partial charge in [0.05, 0.1) is 10.5 Å². The molecular formula is C14H10ClNO5. The van der Waals surface area contributed by atoms with E-state index in [1.165, 1.54) is 24.3 Å². The van der Waals surface area contributed by atoms with E-state index in [1.807, 2.05) is 0 Å². The van der Waals surface area contributed by atoms with E-state index in [0.717, 1.165) is 0 Å². The summed E-state index contributed by atoms with van der Waals surface area (Å²) >= 11 is 5.71. The van der Waals surface area contributed by atoms with Gasteiger partial charge in [0.1, 0.15) is 6.61 Å². The highest BCUT2D eigenvalue weighted by molar-refractivity contribution is 6.30. The van der Waals surface area contributed by atoms with Crippen LogP contribution in [0.15, 0.2) is 42.5 Å². The summed E-state index contributed by atoms with van der Waals surface area (Å²) in [6, 6.07) is 10.3. The fourth-order valence-electron chi connectivity index (χ4n) is 1.77. The van der Waals surface area contributed by atoms with Crippen molar-refractivity contribution in [1.82, 2.24) is 0 Å². The first-order valence-corrected chi connectivity index (χ1v) is 6.25. The van der Waals surface area contributed by atoms with Crippen LogP contribution in [0.4, 0.5) is 5.69 Å². The minimum absolute atomic E-state index is 0.0320. The van der Waals surface area contributed by atoms with Crippen molar-refractivity contribution < 1.29 is 19.6 Å². The van der Waals surface area contributed by atoms with Crippen LogP contribution in [0, 0.1) is 10.1 Å². The van der Waals surface area contributed by atoms with Crippen molar-refractivity contribution in [2.75, 3.05) is 0 Å². The molecule has 0 radical (unpaired) electrons. The Morgan fingerprint density at radius 3 is 2.67 bits per heavy atom. The van der Waals surface area contributed by atoms with E-state index in [1.54, 1.807) is 18.2 Å². The Bertz CT molecular complexity index is 702. The summed E-state index contributed by atoms with van der Waals surface area (Å²) in [5, 5.41) is 20.2. The van der Waals surface area contributed by atoms with E-state index in [-0.39, 0.29) is 28.6 Å². The Balaban J connectivity index is 2.25. The smallest absolute Gasteiger partial charge is 0.336 e. The largest absolute Gasteiger partial charge is 0.482 e. The molecule has 0 atom stereocenters. The van der Waals surface area contributed by atoms with Crippen LogP contribution in [0.3, 0.4) is 0 Å². The van der Waals surface area contributed by atoms with E-state index < -0.39 is 10.9 Å². The quantitative estimate of drug-likeness (QED) is 0.674. The molecule has 0 fully saturated rings. The van der Waals surface area contributed by atoms with Crippen LogP contribution in [-0.2, 0) is 6.61 Å². The molecule has 0 saturated heterocycles. The first kappa shape index (κ1) is 14.8. The van der Waals surface area contributed by atoms with Crippen molar-refractivity contribution in [3.05, 3.63) is 68.7 Å². The SMILES string of the molecule is O=C(O)c1ccccc1COc1ccc(Cl)cc1[N+](=O)[O-]. The second-order valence-corrected chi connectivity index (χ2v) is 4.56. The molecule has 21 heavy (non-hydrogen) atoms. The average molecular weight is 308 g/mol. The van der Waals surface area contributed by atoms with E-state index in [2.05, 4.69) is 0 Å². The Morgan fingerprint density at radius 2 is 2.00 bits per heavy atom. The number of benzene rings is 2. The fraction of sp³-hybridized carbons (Fsp3) is 0.0714. The summed E-state index contributed by atoms with van der Waals surface area (Å²) in [7, 11) is 0. The van der Waals surface area contributed by atoms with Gasteiger partial charge in [0, 0.05) is 16.7 Å². The normalized spacial score (nSPS) is 10.1. The first-order chi connectivity index (χ1) is 9.99. The molecule has 0 heterocycles. The molecule has 6 nitrogen and oxygen atoms in total. The van der Waals surface area contributed by atoms with Crippen LogP contribution in [0.2, 0.25) is 5.02 Å². The molecule has 2 rings (SSSR count). The zero-order chi connectivity index (χ0) is 15.4. The minimum atomic E-state index is -1.08. The average Bonchev–Trinajstić information content (AvgIpc) is 2.46.